The minimum atomic E-state index is -0.0406. The van der Waals surface area contributed by atoms with Crippen LogP contribution >= 0.6 is 11.6 Å². The molecule has 0 aromatic heterocycles. The molecule has 3 heteroatoms. The summed E-state index contributed by atoms with van der Waals surface area (Å²) in [5.74, 6) is -0.0406. The molecule has 0 atom stereocenters. The van der Waals surface area contributed by atoms with Gasteiger partial charge in [0.25, 0.3) is 0 Å². The quantitative estimate of drug-likeness (QED) is 0.892. The number of anilines is 1. The van der Waals surface area contributed by atoms with Crippen LogP contribution < -0.4 is 5.32 Å². The van der Waals surface area contributed by atoms with Crippen LogP contribution in [0.1, 0.15) is 11.1 Å². The van der Waals surface area contributed by atoms with Crippen LogP contribution in [0.2, 0.25) is 5.02 Å². The third-order valence-corrected chi connectivity index (χ3v) is 2.83. The third kappa shape index (κ3) is 3.60. The van der Waals surface area contributed by atoms with E-state index in [4.69, 9.17) is 11.6 Å². The second-order valence-corrected chi connectivity index (χ2v) is 4.66. The topological polar surface area (TPSA) is 29.1 Å². The lowest BCUT2D eigenvalue weighted by Gasteiger charge is -2.06. The number of benzene rings is 2. The van der Waals surface area contributed by atoms with Crippen LogP contribution in [0.4, 0.5) is 5.69 Å². The predicted molar refractivity (Wildman–Crippen MR) is 75.0 cm³/mol. The van der Waals surface area contributed by atoms with Gasteiger partial charge in [-0.2, -0.15) is 0 Å². The van der Waals surface area contributed by atoms with Gasteiger partial charge in [0.15, 0.2) is 0 Å². The van der Waals surface area contributed by atoms with Gasteiger partial charge < -0.3 is 5.32 Å². The Hall–Kier alpha value is -1.80. The molecule has 18 heavy (non-hydrogen) atoms. The zero-order chi connectivity index (χ0) is 13.0. The second-order valence-electron chi connectivity index (χ2n) is 4.22. The largest absolute Gasteiger partial charge is 0.326 e. The molecule has 0 bridgehead atoms. The number of carbonyl (C=O) groups excluding carboxylic acids is 1. The first-order valence-corrected chi connectivity index (χ1v) is 6.12. The van der Waals surface area contributed by atoms with E-state index in [-0.39, 0.29) is 5.91 Å². The molecule has 2 nitrogen and oxygen atoms in total. The lowest BCUT2D eigenvalue weighted by Crippen LogP contribution is -2.14. The van der Waals surface area contributed by atoms with Crippen LogP contribution in [-0.4, -0.2) is 5.91 Å². The average Bonchev–Trinajstić information content (AvgIpc) is 2.32. The Morgan fingerprint density at radius 3 is 2.56 bits per heavy atom. The Bertz CT molecular complexity index is 549. The van der Waals surface area contributed by atoms with E-state index in [1.807, 2.05) is 43.3 Å². The highest BCUT2D eigenvalue weighted by atomic mass is 35.5. The smallest absolute Gasteiger partial charge is 0.228 e. The maximum Gasteiger partial charge on any atom is 0.228 e. The van der Waals surface area contributed by atoms with Crippen LogP contribution in [0.3, 0.4) is 0 Å². The lowest BCUT2D eigenvalue weighted by atomic mass is 10.1. The molecular formula is C15H14ClNO. The Labute approximate surface area is 112 Å². The summed E-state index contributed by atoms with van der Waals surface area (Å²) in [5, 5.41) is 3.44. The third-order valence-electron chi connectivity index (χ3n) is 2.59. The first-order chi connectivity index (χ1) is 8.63. The minimum Gasteiger partial charge on any atom is -0.326 e. The molecule has 1 N–H and O–H groups in total. The number of hydrogen-bond acceptors (Lipinski definition) is 1. The van der Waals surface area contributed by atoms with Gasteiger partial charge >= 0.3 is 0 Å². The zero-order valence-electron chi connectivity index (χ0n) is 10.1. The van der Waals surface area contributed by atoms with Crippen molar-refractivity contribution in [3.05, 3.63) is 64.7 Å². The Morgan fingerprint density at radius 1 is 1.17 bits per heavy atom. The Balaban J connectivity index is 1.98. The summed E-state index contributed by atoms with van der Waals surface area (Å²) >= 11 is 5.85. The van der Waals surface area contributed by atoms with Crippen molar-refractivity contribution in [3.8, 4) is 0 Å². The number of carbonyl (C=O) groups is 1. The van der Waals surface area contributed by atoms with Crippen molar-refractivity contribution in [2.75, 3.05) is 5.32 Å². The van der Waals surface area contributed by atoms with Crippen LogP contribution in [-0.2, 0) is 11.2 Å². The molecule has 0 saturated carbocycles. The van der Waals surface area contributed by atoms with Gasteiger partial charge in [-0.1, -0.05) is 47.5 Å². The molecule has 92 valence electrons. The first kappa shape index (κ1) is 12.7. The highest BCUT2D eigenvalue weighted by Gasteiger charge is 2.04. The molecule has 1 amide bonds. The van der Waals surface area contributed by atoms with E-state index >= 15 is 0 Å². The zero-order valence-corrected chi connectivity index (χ0v) is 10.9. The van der Waals surface area contributed by atoms with Crippen molar-refractivity contribution in [3.63, 3.8) is 0 Å². The Kier molecular flexibility index (Phi) is 4.00. The molecule has 0 aliphatic carbocycles. The van der Waals surface area contributed by atoms with E-state index < -0.39 is 0 Å². The minimum absolute atomic E-state index is 0.0406. The average molecular weight is 260 g/mol. The van der Waals surface area contributed by atoms with Crippen molar-refractivity contribution >= 4 is 23.2 Å². The van der Waals surface area contributed by atoms with E-state index in [9.17, 15) is 4.79 Å². The van der Waals surface area contributed by atoms with Gasteiger partial charge in [-0.3, -0.25) is 4.79 Å². The number of nitrogens with one attached hydrogen (secondary N) is 1. The summed E-state index contributed by atoms with van der Waals surface area (Å²) in [5.41, 5.74) is 2.91. The Morgan fingerprint density at radius 2 is 1.89 bits per heavy atom. The van der Waals surface area contributed by atoms with Crippen LogP contribution in [0.5, 0.6) is 0 Å². The summed E-state index contributed by atoms with van der Waals surface area (Å²) in [6, 6.07) is 15.1. The van der Waals surface area contributed by atoms with Gasteiger partial charge in [0.2, 0.25) is 5.91 Å². The number of halogens is 1. The fourth-order valence-electron chi connectivity index (χ4n) is 1.66. The van der Waals surface area contributed by atoms with Gasteiger partial charge in [0, 0.05) is 10.7 Å². The molecule has 2 rings (SSSR count). The van der Waals surface area contributed by atoms with E-state index in [1.54, 1.807) is 12.1 Å². The molecule has 0 heterocycles. The van der Waals surface area contributed by atoms with E-state index in [1.165, 1.54) is 5.56 Å². The van der Waals surface area contributed by atoms with Crippen molar-refractivity contribution < 1.29 is 4.79 Å². The molecule has 0 spiro atoms. The van der Waals surface area contributed by atoms with E-state index in [0.717, 1.165) is 11.3 Å². The molecule has 0 aliphatic rings. The molecule has 2 aromatic rings. The summed E-state index contributed by atoms with van der Waals surface area (Å²) in [7, 11) is 0. The summed E-state index contributed by atoms with van der Waals surface area (Å²) in [4.78, 5) is 11.8. The number of rotatable bonds is 3. The fraction of sp³-hybridized carbons (Fsp3) is 0.133. The number of hydrogen-bond donors (Lipinski definition) is 1. The number of amides is 1. The molecule has 0 unspecified atom stereocenters. The molecular weight excluding hydrogens is 246 g/mol. The van der Waals surface area contributed by atoms with E-state index in [0.29, 0.717) is 11.4 Å². The normalized spacial score (nSPS) is 10.1. The van der Waals surface area contributed by atoms with Crippen molar-refractivity contribution in [2.45, 2.75) is 13.3 Å². The maximum atomic E-state index is 11.8. The second kappa shape index (κ2) is 5.69. The molecule has 0 fully saturated rings. The van der Waals surface area contributed by atoms with Crippen molar-refractivity contribution in [1.82, 2.24) is 0 Å². The van der Waals surface area contributed by atoms with Gasteiger partial charge in [-0.25, -0.2) is 0 Å². The van der Waals surface area contributed by atoms with Gasteiger partial charge in [-0.15, -0.1) is 0 Å². The molecule has 0 saturated heterocycles. The summed E-state index contributed by atoms with van der Waals surface area (Å²) < 4.78 is 0. The lowest BCUT2D eigenvalue weighted by molar-refractivity contribution is -0.115. The van der Waals surface area contributed by atoms with Crippen LogP contribution in [0, 0.1) is 6.92 Å². The summed E-state index contributed by atoms with van der Waals surface area (Å²) in [6.07, 6.45) is 0.368. The molecule has 0 aliphatic heterocycles. The van der Waals surface area contributed by atoms with E-state index in [2.05, 4.69) is 5.32 Å². The van der Waals surface area contributed by atoms with Gasteiger partial charge in [-0.05, 0) is 30.7 Å². The van der Waals surface area contributed by atoms with Gasteiger partial charge in [0.05, 0.1) is 6.42 Å². The molecule has 0 radical (unpaired) electrons. The monoisotopic (exact) mass is 259 g/mol. The highest BCUT2D eigenvalue weighted by molar-refractivity contribution is 6.30. The predicted octanol–water partition coefficient (Wildman–Crippen LogP) is 3.83. The van der Waals surface area contributed by atoms with Crippen molar-refractivity contribution in [2.24, 2.45) is 0 Å². The maximum absolute atomic E-state index is 11.8. The first-order valence-electron chi connectivity index (χ1n) is 5.74. The SMILES string of the molecule is Cc1ccc(CC(=O)Nc2cccc(Cl)c2)cc1. The number of aryl methyl sites for hydroxylation is 1. The van der Waals surface area contributed by atoms with Crippen LogP contribution in [0.25, 0.3) is 0 Å². The summed E-state index contributed by atoms with van der Waals surface area (Å²) in [6.45, 7) is 2.02. The highest BCUT2D eigenvalue weighted by Crippen LogP contribution is 2.15. The molecule has 2 aromatic carbocycles. The fourth-order valence-corrected chi connectivity index (χ4v) is 1.85. The standard InChI is InChI=1S/C15H14ClNO/c1-11-5-7-12(8-6-11)9-15(18)17-14-4-2-3-13(16)10-14/h2-8,10H,9H2,1H3,(H,17,18). The van der Waals surface area contributed by atoms with Crippen molar-refractivity contribution in [1.29, 1.82) is 0 Å². The van der Waals surface area contributed by atoms with Crippen LogP contribution in [0.15, 0.2) is 48.5 Å². The van der Waals surface area contributed by atoms with Gasteiger partial charge in [0.1, 0.15) is 0 Å².